The van der Waals surface area contributed by atoms with E-state index in [0.29, 0.717) is 17.0 Å². The van der Waals surface area contributed by atoms with E-state index in [1.54, 1.807) is 25.1 Å². The fraction of sp³-hybridized carbons (Fsp3) is 0.222. The standard InChI is InChI=1S/C18H18FNO4/c1-12-7-8-14(19)9-15(12)20-17(21)10-24-18(22)11-23-16-6-4-3-5-13(16)2/h3-9H,10-11H2,1-2H3,(H,20,21). The number of amides is 1. The van der Waals surface area contributed by atoms with Gasteiger partial charge in [-0.05, 0) is 43.2 Å². The zero-order valence-electron chi connectivity index (χ0n) is 13.5. The van der Waals surface area contributed by atoms with Crippen molar-refractivity contribution in [1.82, 2.24) is 0 Å². The Labute approximate surface area is 139 Å². The second-order valence-electron chi connectivity index (χ2n) is 5.22. The summed E-state index contributed by atoms with van der Waals surface area (Å²) in [4.78, 5) is 23.4. The van der Waals surface area contributed by atoms with Gasteiger partial charge in [-0.2, -0.15) is 0 Å². The number of aryl methyl sites for hydroxylation is 2. The molecule has 0 fully saturated rings. The summed E-state index contributed by atoms with van der Waals surface area (Å²) in [5.74, 6) is -1.09. The quantitative estimate of drug-likeness (QED) is 0.827. The van der Waals surface area contributed by atoms with Crippen LogP contribution in [0.15, 0.2) is 42.5 Å². The van der Waals surface area contributed by atoms with Gasteiger partial charge in [0.2, 0.25) is 0 Å². The Bertz CT molecular complexity index is 746. The van der Waals surface area contributed by atoms with Crippen molar-refractivity contribution in [3.63, 3.8) is 0 Å². The van der Waals surface area contributed by atoms with E-state index in [-0.39, 0.29) is 6.61 Å². The molecule has 1 N–H and O–H groups in total. The highest BCUT2D eigenvalue weighted by molar-refractivity contribution is 5.93. The lowest BCUT2D eigenvalue weighted by molar-refractivity contribution is -0.149. The van der Waals surface area contributed by atoms with Crippen LogP contribution in [0.3, 0.4) is 0 Å². The van der Waals surface area contributed by atoms with Gasteiger partial charge in [0.15, 0.2) is 13.2 Å². The first-order chi connectivity index (χ1) is 11.5. The number of esters is 1. The molecule has 2 aromatic rings. The summed E-state index contributed by atoms with van der Waals surface area (Å²) >= 11 is 0. The van der Waals surface area contributed by atoms with E-state index in [4.69, 9.17) is 9.47 Å². The first-order valence-corrected chi connectivity index (χ1v) is 7.36. The zero-order valence-corrected chi connectivity index (χ0v) is 13.5. The first kappa shape index (κ1) is 17.5. The van der Waals surface area contributed by atoms with Crippen molar-refractivity contribution < 1.29 is 23.5 Å². The monoisotopic (exact) mass is 331 g/mol. The average molecular weight is 331 g/mol. The van der Waals surface area contributed by atoms with Crippen molar-refractivity contribution in [3.05, 3.63) is 59.4 Å². The van der Waals surface area contributed by atoms with E-state index in [0.717, 1.165) is 5.56 Å². The molecule has 0 spiro atoms. The third kappa shape index (κ3) is 5.08. The minimum Gasteiger partial charge on any atom is -0.482 e. The van der Waals surface area contributed by atoms with E-state index in [9.17, 15) is 14.0 Å². The number of nitrogens with one attached hydrogen (secondary N) is 1. The Morgan fingerprint density at radius 1 is 1.04 bits per heavy atom. The highest BCUT2D eigenvalue weighted by Gasteiger charge is 2.11. The topological polar surface area (TPSA) is 64.6 Å². The van der Waals surface area contributed by atoms with Crippen molar-refractivity contribution in [2.75, 3.05) is 18.5 Å². The number of benzene rings is 2. The van der Waals surface area contributed by atoms with Crippen LogP contribution in [0.25, 0.3) is 0 Å². The fourth-order valence-electron chi connectivity index (χ4n) is 1.96. The Morgan fingerprint density at radius 2 is 1.79 bits per heavy atom. The Morgan fingerprint density at radius 3 is 2.54 bits per heavy atom. The number of hydrogen-bond donors (Lipinski definition) is 1. The summed E-state index contributed by atoms with van der Waals surface area (Å²) in [6, 6.07) is 11.3. The Balaban J connectivity index is 1.78. The number of halogens is 1. The lowest BCUT2D eigenvalue weighted by Crippen LogP contribution is -2.24. The smallest absolute Gasteiger partial charge is 0.344 e. The predicted octanol–water partition coefficient (Wildman–Crippen LogP) is 3.00. The molecule has 24 heavy (non-hydrogen) atoms. The molecule has 0 saturated heterocycles. The van der Waals surface area contributed by atoms with Crippen LogP contribution in [0.5, 0.6) is 5.75 Å². The molecule has 0 aromatic heterocycles. The summed E-state index contributed by atoms with van der Waals surface area (Å²) in [6.07, 6.45) is 0. The third-order valence-electron chi connectivity index (χ3n) is 3.28. The van der Waals surface area contributed by atoms with E-state index < -0.39 is 24.3 Å². The van der Waals surface area contributed by atoms with Gasteiger partial charge in [-0.25, -0.2) is 9.18 Å². The Hall–Kier alpha value is -2.89. The van der Waals surface area contributed by atoms with Gasteiger partial charge in [0.05, 0.1) is 0 Å². The highest BCUT2D eigenvalue weighted by Crippen LogP contribution is 2.16. The summed E-state index contributed by atoms with van der Waals surface area (Å²) in [5, 5.41) is 2.49. The minimum atomic E-state index is -0.663. The maximum atomic E-state index is 13.2. The van der Waals surface area contributed by atoms with Crippen LogP contribution in [0, 0.1) is 19.7 Å². The molecule has 0 atom stereocenters. The predicted molar refractivity (Wildman–Crippen MR) is 87.4 cm³/mol. The van der Waals surface area contributed by atoms with E-state index in [1.165, 1.54) is 12.1 Å². The first-order valence-electron chi connectivity index (χ1n) is 7.36. The van der Waals surface area contributed by atoms with Gasteiger partial charge in [0.1, 0.15) is 11.6 Å². The van der Waals surface area contributed by atoms with Gasteiger partial charge in [-0.1, -0.05) is 24.3 Å². The largest absolute Gasteiger partial charge is 0.482 e. The van der Waals surface area contributed by atoms with Crippen LogP contribution in [-0.4, -0.2) is 25.1 Å². The number of hydrogen-bond acceptors (Lipinski definition) is 4. The van der Waals surface area contributed by atoms with Crippen LogP contribution < -0.4 is 10.1 Å². The zero-order chi connectivity index (χ0) is 17.5. The average Bonchev–Trinajstić information content (AvgIpc) is 2.55. The van der Waals surface area contributed by atoms with E-state index in [1.807, 2.05) is 19.1 Å². The number of anilines is 1. The van der Waals surface area contributed by atoms with Gasteiger partial charge >= 0.3 is 5.97 Å². The highest BCUT2D eigenvalue weighted by atomic mass is 19.1. The molecule has 2 aromatic carbocycles. The number of para-hydroxylation sites is 1. The molecule has 1 amide bonds. The molecule has 0 heterocycles. The van der Waals surface area contributed by atoms with Crippen molar-refractivity contribution in [2.24, 2.45) is 0 Å². The Kier molecular flexibility index (Phi) is 5.89. The van der Waals surface area contributed by atoms with Crippen molar-refractivity contribution >= 4 is 17.6 Å². The van der Waals surface area contributed by atoms with Gasteiger partial charge < -0.3 is 14.8 Å². The molecule has 0 unspecified atom stereocenters. The number of ether oxygens (including phenoxy) is 2. The molecule has 126 valence electrons. The van der Waals surface area contributed by atoms with E-state index >= 15 is 0 Å². The SMILES string of the molecule is Cc1ccc(F)cc1NC(=O)COC(=O)COc1ccccc1C. The summed E-state index contributed by atoms with van der Waals surface area (Å²) in [6.45, 7) is 2.83. The number of rotatable bonds is 6. The van der Waals surface area contributed by atoms with Gasteiger partial charge in [0.25, 0.3) is 5.91 Å². The number of carbonyl (C=O) groups excluding carboxylic acids is 2. The van der Waals surface area contributed by atoms with Crippen LogP contribution in [0.2, 0.25) is 0 Å². The minimum absolute atomic E-state index is 0.295. The summed E-state index contributed by atoms with van der Waals surface area (Å²) in [5.41, 5.74) is 1.94. The maximum absolute atomic E-state index is 13.2. The lowest BCUT2D eigenvalue weighted by Gasteiger charge is -2.10. The van der Waals surface area contributed by atoms with E-state index in [2.05, 4.69) is 5.32 Å². The van der Waals surface area contributed by atoms with Gasteiger partial charge in [-0.3, -0.25) is 4.79 Å². The molecule has 2 rings (SSSR count). The lowest BCUT2D eigenvalue weighted by atomic mass is 10.2. The maximum Gasteiger partial charge on any atom is 0.344 e. The second kappa shape index (κ2) is 8.10. The fourth-order valence-corrected chi connectivity index (χ4v) is 1.96. The van der Waals surface area contributed by atoms with Crippen LogP contribution in [-0.2, 0) is 14.3 Å². The van der Waals surface area contributed by atoms with Crippen molar-refractivity contribution in [2.45, 2.75) is 13.8 Å². The second-order valence-corrected chi connectivity index (χ2v) is 5.22. The molecule has 6 heteroatoms. The number of carbonyl (C=O) groups is 2. The molecule has 0 aliphatic heterocycles. The van der Waals surface area contributed by atoms with Crippen molar-refractivity contribution in [3.8, 4) is 5.75 Å². The molecule has 5 nitrogen and oxygen atoms in total. The van der Waals surface area contributed by atoms with Crippen LogP contribution in [0.4, 0.5) is 10.1 Å². The molecule has 0 saturated carbocycles. The summed E-state index contributed by atoms with van der Waals surface area (Å²) < 4.78 is 23.3. The van der Waals surface area contributed by atoms with Crippen molar-refractivity contribution in [1.29, 1.82) is 0 Å². The summed E-state index contributed by atoms with van der Waals surface area (Å²) in [7, 11) is 0. The third-order valence-corrected chi connectivity index (χ3v) is 3.28. The van der Waals surface area contributed by atoms with Gasteiger partial charge in [0, 0.05) is 5.69 Å². The van der Waals surface area contributed by atoms with Crippen LogP contribution in [0.1, 0.15) is 11.1 Å². The normalized spacial score (nSPS) is 10.1. The molecular formula is C18H18FNO4. The molecule has 0 radical (unpaired) electrons. The van der Waals surface area contributed by atoms with Crippen LogP contribution >= 0.6 is 0 Å². The molecular weight excluding hydrogens is 313 g/mol. The molecule has 0 bridgehead atoms. The molecule has 0 aliphatic rings. The molecule has 0 aliphatic carbocycles. The van der Waals surface area contributed by atoms with Gasteiger partial charge in [-0.15, -0.1) is 0 Å².